The maximum absolute atomic E-state index is 11.9. The van der Waals surface area contributed by atoms with Gasteiger partial charge in [0, 0.05) is 6.07 Å². The lowest BCUT2D eigenvalue weighted by molar-refractivity contribution is -0.608. The monoisotopic (exact) mass is 253 g/mol. The van der Waals surface area contributed by atoms with Crippen molar-refractivity contribution in [1.82, 2.24) is 0 Å². The number of rotatable bonds is 4. The van der Waals surface area contributed by atoms with E-state index in [-0.39, 0.29) is 15.4 Å². The molecule has 90 valence electrons. The summed E-state index contributed by atoms with van der Waals surface area (Å²) in [7, 11) is -3.62. The zero-order chi connectivity index (χ0) is 12.3. The summed E-state index contributed by atoms with van der Waals surface area (Å²) in [6.45, 7) is -1.73. The minimum absolute atomic E-state index is 0.111. The summed E-state index contributed by atoms with van der Waals surface area (Å²) in [5.74, 6) is -0.718. The van der Waals surface area contributed by atoms with Crippen molar-refractivity contribution < 1.29 is 26.7 Å². The maximum Gasteiger partial charge on any atom is 0.387 e. The van der Waals surface area contributed by atoms with E-state index < -0.39 is 22.2 Å². The molecule has 0 fully saturated rings. The van der Waals surface area contributed by atoms with Crippen LogP contribution in [0.3, 0.4) is 0 Å². The number of nitrogens with zero attached hydrogens (tertiary/aromatic N) is 1. The Bertz CT molecular complexity index is 475. The van der Waals surface area contributed by atoms with E-state index in [9.17, 15) is 22.4 Å². The van der Waals surface area contributed by atoms with Crippen LogP contribution < -0.4 is 9.47 Å². The summed E-state index contributed by atoms with van der Waals surface area (Å²) in [6, 6.07) is 0.888. The molecule has 0 aliphatic rings. The van der Waals surface area contributed by atoms with Crippen molar-refractivity contribution >= 4 is 9.84 Å². The van der Waals surface area contributed by atoms with Gasteiger partial charge in [-0.05, 0) is 0 Å². The van der Waals surface area contributed by atoms with Gasteiger partial charge in [0.15, 0.2) is 21.8 Å². The summed E-state index contributed by atoms with van der Waals surface area (Å²) >= 11 is 0. The Morgan fingerprint density at radius 1 is 1.50 bits per heavy atom. The third-order valence-corrected chi connectivity index (χ3v) is 3.46. The largest absolute Gasteiger partial charge is 0.619 e. The van der Waals surface area contributed by atoms with Crippen molar-refractivity contribution in [3.63, 3.8) is 0 Å². The fourth-order valence-electron chi connectivity index (χ4n) is 1.01. The van der Waals surface area contributed by atoms with Gasteiger partial charge in [-0.25, -0.2) is 8.42 Å². The van der Waals surface area contributed by atoms with E-state index in [1.807, 2.05) is 0 Å². The fourth-order valence-corrected chi connectivity index (χ4v) is 1.90. The van der Waals surface area contributed by atoms with Gasteiger partial charge in [-0.3, -0.25) is 0 Å². The van der Waals surface area contributed by atoms with Crippen LogP contribution >= 0.6 is 0 Å². The molecule has 0 spiro atoms. The highest BCUT2D eigenvalue weighted by Gasteiger charge is 2.18. The first kappa shape index (κ1) is 12.6. The van der Waals surface area contributed by atoms with Crippen LogP contribution in [0, 0.1) is 5.21 Å². The summed E-state index contributed by atoms with van der Waals surface area (Å²) in [5, 5.41) is 11.0. The minimum Gasteiger partial charge on any atom is -0.619 e. The SMILES string of the molecule is CCS(=O)(=O)c1cc(OC(F)F)c[n+]([O-])c1. The zero-order valence-electron chi connectivity index (χ0n) is 8.26. The Balaban J connectivity index is 3.18. The summed E-state index contributed by atoms with van der Waals surface area (Å²) in [4.78, 5) is -0.344. The van der Waals surface area contributed by atoms with Crippen LogP contribution in [0.4, 0.5) is 8.78 Å². The molecule has 0 amide bonds. The topological polar surface area (TPSA) is 70.3 Å². The van der Waals surface area contributed by atoms with Gasteiger partial charge in [-0.1, -0.05) is 6.92 Å². The van der Waals surface area contributed by atoms with Crippen molar-refractivity contribution in [2.45, 2.75) is 18.4 Å². The van der Waals surface area contributed by atoms with E-state index in [4.69, 9.17) is 0 Å². The van der Waals surface area contributed by atoms with Crippen molar-refractivity contribution in [3.05, 3.63) is 23.7 Å². The molecule has 0 atom stereocenters. The van der Waals surface area contributed by atoms with E-state index in [1.54, 1.807) is 0 Å². The second kappa shape index (κ2) is 4.60. The molecule has 16 heavy (non-hydrogen) atoms. The lowest BCUT2D eigenvalue weighted by Gasteiger charge is -2.06. The minimum atomic E-state index is -3.62. The molecule has 8 heteroatoms. The maximum atomic E-state index is 11.9. The molecule has 0 aromatic carbocycles. The number of ether oxygens (including phenoxy) is 1. The third-order valence-electron chi connectivity index (χ3n) is 1.76. The van der Waals surface area contributed by atoms with Gasteiger partial charge in [-0.15, -0.1) is 0 Å². The summed E-state index contributed by atoms with van der Waals surface area (Å²) in [6.07, 6.45) is 1.51. The van der Waals surface area contributed by atoms with E-state index in [1.165, 1.54) is 6.92 Å². The van der Waals surface area contributed by atoms with Crippen LogP contribution in [0.2, 0.25) is 0 Å². The number of hydrogen-bond acceptors (Lipinski definition) is 4. The predicted molar refractivity (Wildman–Crippen MR) is 49.8 cm³/mol. The molecular formula is C8H9F2NO4S. The van der Waals surface area contributed by atoms with Gasteiger partial charge < -0.3 is 9.94 Å². The first-order chi connectivity index (χ1) is 7.35. The predicted octanol–water partition coefficient (Wildman–Crippen LogP) is 0.715. The number of pyridine rings is 1. The number of halogens is 2. The van der Waals surface area contributed by atoms with E-state index >= 15 is 0 Å². The van der Waals surface area contributed by atoms with Crippen LogP contribution in [0.1, 0.15) is 6.92 Å². The Labute approximate surface area is 90.8 Å². The molecule has 0 aliphatic heterocycles. The molecule has 0 aliphatic carbocycles. The lowest BCUT2D eigenvalue weighted by Crippen LogP contribution is -2.27. The third kappa shape index (κ3) is 3.02. The van der Waals surface area contributed by atoms with Crippen molar-refractivity contribution in [2.24, 2.45) is 0 Å². The van der Waals surface area contributed by atoms with Crippen molar-refractivity contribution in [2.75, 3.05) is 5.75 Å². The van der Waals surface area contributed by atoms with Gasteiger partial charge in [0.1, 0.15) is 4.90 Å². The molecule has 0 saturated heterocycles. The van der Waals surface area contributed by atoms with Crippen LogP contribution in [0.15, 0.2) is 23.4 Å². The molecule has 1 rings (SSSR count). The number of sulfone groups is 1. The molecule has 1 aromatic heterocycles. The quantitative estimate of drug-likeness (QED) is 0.585. The highest BCUT2D eigenvalue weighted by atomic mass is 32.2. The van der Waals surface area contributed by atoms with E-state index in [2.05, 4.69) is 4.74 Å². The average molecular weight is 253 g/mol. The van der Waals surface area contributed by atoms with Crippen LogP contribution in [0.5, 0.6) is 5.75 Å². The molecule has 1 heterocycles. The smallest absolute Gasteiger partial charge is 0.387 e. The molecule has 0 radical (unpaired) electrons. The second-order valence-corrected chi connectivity index (χ2v) is 5.13. The normalized spacial score (nSPS) is 11.8. The summed E-state index contributed by atoms with van der Waals surface area (Å²) in [5.41, 5.74) is 0. The molecule has 1 aromatic rings. The molecule has 0 unspecified atom stereocenters. The Kier molecular flexibility index (Phi) is 3.63. The average Bonchev–Trinajstić information content (AvgIpc) is 2.15. The Morgan fingerprint density at radius 2 is 2.12 bits per heavy atom. The number of aromatic nitrogens is 1. The van der Waals surface area contributed by atoms with E-state index in [0.29, 0.717) is 0 Å². The Morgan fingerprint density at radius 3 is 2.62 bits per heavy atom. The molecule has 0 bridgehead atoms. The highest BCUT2D eigenvalue weighted by Crippen LogP contribution is 2.17. The first-order valence-electron chi connectivity index (χ1n) is 4.26. The Hall–Kier alpha value is -1.44. The van der Waals surface area contributed by atoms with Gasteiger partial charge >= 0.3 is 6.61 Å². The highest BCUT2D eigenvalue weighted by molar-refractivity contribution is 7.91. The molecule has 5 nitrogen and oxygen atoms in total. The van der Waals surface area contributed by atoms with Crippen molar-refractivity contribution in [3.8, 4) is 5.75 Å². The molecular weight excluding hydrogens is 244 g/mol. The zero-order valence-corrected chi connectivity index (χ0v) is 9.08. The fraction of sp³-hybridized carbons (Fsp3) is 0.375. The van der Waals surface area contributed by atoms with E-state index in [0.717, 1.165) is 18.5 Å². The molecule has 0 N–H and O–H groups in total. The van der Waals surface area contributed by atoms with Gasteiger partial charge in [0.05, 0.1) is 5.75 Å². The number of alkyl halides is 2. The van der Waals surface area contributed by atoms with Gasteiger partial charge in [-0.2, -0.15) is 13.5 Å². The standard InChI is InChI=1S/C8H9F2NO4S/c1-2-16(13,14)7-3-6(15-8(9)10)4-11(12)5-7/h3-5,8H,2H2,1H3. The molecule has 0 saturated carbocycles. The van der Waals surface area contributed by atoms with Crippen LogP contribution in [-0.2, 0) is 9.84 Å². The van der Waals surface area contributed by atoms with Crippen molar-refractivity contribution in [1.29, 1.82) is 0 Å². The lowest BCUT2D eigenvalue weighted by atomic mass is 10.5. The van der Waals surface area contributed by atoms with Crippen LogP contribution in [-0.4, -0.2) is 20.8 Å². The van der Waals surface area contributed by atoms with Gasteiger partial charge in [0.2, 0.25) is 6.20 Å². The number of hydrogen-bond donors (Lipinski definition) is 0. The second-order valence-electron chi connectivity index (χ2n) is 2.85. The first-order valence-corrected chi connectivity index (χ1v) is 5.92. The van der Waals surface area contributed by atoms with Crippen LogP contribution in [0.25, 0.3) is 0 Å². The summed E-state index contributed by atoms with van der Waals surface area (Å²) < 4.78 is 50.6. The van der Waals surface area contributed by atoms with Gasteiger partial charge in [0.25, 0.3) is 0 Å².